The van der Waals surface area contributed by atoms with Gasteiger partial charge in [-0.3, -0.25) is 14.2 Å². The Bertz CT molecular complexity index is 1090. The second-order valence-electron chi connectivity index (χ2n) is 7.53. The van der Waals surface area contributed by atoms with Crippen LogP contribution in [0.3, 0.4) is 0 Å². The maximum absolute atomic E-state index is 13.2. The molecule has 0 saturated heterocycles. The van der Waals surface area contributed by atoms with Gasteiger partial charge in [-0.1, -0.05) is 42.1 Å². The number of thiophene rings is 1. The lowest BCUT2D eigenvalue weighted by Gasteiger charge is -2.20. The Labute approximate surface area is 179 Å². The van der Waals surface area contributed by atoms with Gasteiger partial charge in [-0.05, 0) is 52.7 Å². The van der Waals surface area contributed by atoms with Crippen molar-refractivity contribution >= 4 is 39.2 Å². The van der Waals surface area contributed by atoms with Gasteiger partial charge in [0.25, 0.3) is 5.56 Å². The summed E-state index contributed by atoms with van der Waals surface area (Å²) in [5.41, 5.74) is 2.02. The average molecular weight is 430 g/mol. The highest BCUT2D eigenvalue weighted by atomic mass is 32.2. The second kappa shape index (κ2) is 8.71. The first kappa shape index (κ1) is 21.6. The largest absolute Gasteiger partial charge is 0.349 e. The molecule has 0 fully saturated rings. The fourth-order valence-electron chi connectivity index (χ4n) is 3.19. The Morgan fingerprint density at radius 1 is 1.14 bits per heavy atom. The molecule has 2 heterocycles. The van der Waals surface area contributed by atoms with Crippen LogP contribution in [0.15, 0.2) is 40.3 Å². The van der Waals surface area contributed by atoms with E-state index in [4.69, 9.17) is 4.98 Å². The first-order valence-corrected chi connectivity index (χ1v) is 11.4. The number of nitrogens with zero attached hydrogens (tertiary/aromatic N) is 2. The molecule has 5 nitrogen and oxygen atoms in total. The quantitative estimate of drug-likeness (QED) is 0.442. The number of amides is 1. The number of fused-ring (bicyclic) bond motifs is 1. The van der Waals surface area contributed by atoms with Gasteiger partial charge in [0.1, 0.15) is 4.83 Å². The number of aryl methyl sites for hydroxylation is 2. The van der Waals surface area contributed by atoms with Crippen molar-refractivity contribution in [2.75, 3.05) is 0 Å². The Hall–Kier alpha value is -2.12. The summed E-state index contributed by atoms with van der Waals surface area (Å²) >= 11 is 2.87. The third kappa shape index (κ3) is 4.41. The smallest absolute Gasteiger partial charge is 0.263 e. The highest BCUT2D eigenvalue weighted by Crippen LogP contribution is 2.31. The Kier molecular flexibility index (Phi) is 6.49. The zero-order valence-electron chi connectivity index (χ0n) is 17.6. The summed E-state index contributed by atoms with van der Waals surface area (Å²) in [4.78, 5) is 32.5. The number of thioether (sulfide) groups is 1. The molecule has 1 aromatic carbocycles. The van der Waals surface area contributed by atoms with Gasteiger partial charge in [0, 0.05) is 10.9 Å². The minimum Gasteiger partial charge on any atom is -0.349 e. The molecule has 0 aliphatic carbocycles. The van der Waals surface area contributed by atoms with Crippen LogP contribution >= 0.6 is 23.1 Å². The van der Waals surface area contributed by atoms with Crippen molar-refractivity contribution < 1.29 is 4.79 Å². The van der Waals surface area contributed by atoms with E-state index in [0.717, 1.165) is 20.8 Å². The van der Waals surface area contributed by atoms with E-state index in [1.807, 2.05) is 71.9 Å². The van der Waals surface area contributed by atoms with E-state index in [1.54, 1.807) is 4.57 Å². The molecule has 7 heteroatoms. The van der Waals surface area contributed by atoms with Crippen molar-refractivity contribution in [3.8, 4) is 0 Å². The highest BCUT2D eigenvalue weighted by molar-refractivity contribution is 8.00. The zero-order valence-corrected chi connectivity index (χ0v) is 19.3. The first-order chi connectivity index (χ1) is 13.7. The number of aromatic nitrogens is 2. The van der Waals surface area contributed by atoms with Crippen molar-refractivity contribution in [1.82, 2.24) is 14.9 Å². The van der Waals surface area contributed by atoms with E-state index in [0.29, 0.717) is 10.5 Å². The molecule has 154 valence electrons. The lowest BCUT2D eigenvalue weighted by atomic mass is 10.1. The van der Waals surface area contributed by atoms with E-state index in [9.17, 15) is 9.59 Å². The molecule has 0 bridgehead atoms. The minimum atomic E-state index is -0.377. The molecule has 0 aliphatic heterocycles. The lowest BCUT2D eigenvalue weighted by Crippen LogP contribution is -2.34. The SMILES string of the molecule is Cc1sc2nc(S[C@@H](C)C(=O)N[C@@H](C)c3ccccc3)n(C(C)C)c(=O)c2c1C. The Balaban J connectivity index is 1.87. The van der Waals surface area contributed by atoms with Crippen LogP contribution in [0.2, 0.25) is 0 Å². The first-order valence-electron chi connectivity index (χ1n) is 9.75. The number of hydrogen-bond donors (Lipinski definition) is 1. The maximum atomic E-state index is 13.2. The van der Waals surface area contributed by atoms with Gasteiger partial charge in [-0.2, -0.15) is 0 Å². The van der Waals surface area contributed by atoms with E-state index in [-0.39, 0.29) is 28.8 Å². The maximum Gasteiger partial charge on any atom is 0.263 e. The van der Waals surface area contributed by atoms with Crippen molar-refractivity contribution in [3.63, 3.8) is 0 Å². The number of nitrogens with one attached hydrogen (secondary N) is 1. The molecule has 29 heavy (non-hydrogen) atoms. The molecule has 0 aliphatic rings. The lowest BCUT2D eigenvalue weighted by molar-refractivity contribution is -0.120. The van der Waals surface area contributed by atoms with Crippen LogP contribution in [0.4, 0.5) is 0 Å². The van der Waals surface area contributed by atoms with Crippen molar-refractivity contribution in [2.24, 2.45) is 0 Å². The van der Waals surface area contributed by atoms with Gasteiger partial charge in [-0.15, -0.1) is 11.3 Å². The average Bonchev–Trinajstić information content (AvgIpc) is 2.96. The highest BCUT2D eigenvalue weighted by Gasteiger charge is 2.23. The fourth-order valence-corrected chi connectivity index (χ4v) is 5.31. The Morgan fingerprint density at radius 2 is 1.79 bits per heavy atom. The molecule has 3 aromatic rings. The molecule has 1 amide bonds. The Morgan fingerprint density at radius 3 is 2.41 bits per heavy atom. The summed E-state index contributed by atoms with van der Waals surface area (Å²) in [6.07, 6.45) is 0. The molecule has 0 radical (unpaired) electrons. The summed E-state index contributed by atoms with van der Waals surface area (Å²) in [5, 5.41) is 3.97. The van der Waals surface area contributed by atoms with Gasteiger partial charge >= 0.3 is 0 Å². The standard InChI is InChI=1S/C22H27N3O2S2/c1-12(2)25-21(27)18-13(3)15(5)28-20(18)24-22(25)29-16(6)19(26)23-14(4)17-10-8-7-9-11-17/h7-12,14,16H,1-6H3,(H,23,26)/t14-,16-/m0/s1. The summed E-state index contributed by atoms with van der Waals surface area (Å²) in [5.74, 6) is -0.0745. The zero-order chi connectivity index (χ0) is 21.3. The van der Waals surface area contributed by atoms with Crippen LogP contribution in [0.5, 0.6) is 0 Å². The second-order valence-corrected chi connectivity index (χ2v) is 10.0. The predicted octanol–water partition coefficient (Wildman–Crippen LogP) is 5.01. The van der Waals surface area contributed by atoms with Crippen molar-refractivity contribution in [3.05, 3.63) is 56.7 Å². The van der Waals surface area contributed by atoms with E-state index in [1.165, 1.54) is 23.1 Å². The molecule has 1 N–H and O–H groups in total. The van der Waals surface area contributed by atoms with E-state index >= 15 is 0 Å². The van der Waals surface area contributed by atoms with Crippen molar-refractivity contribution in [2.45, 2.75) is 64.0 Å². The minimum absolute atomic E-state index is 0.0281. The summed E-state index contributed by atoms with van der Waals surface area (Å²) < 4.78 is 1.70. The van der Waals surface area contributed by atoms with Crippen LogP contribution in [0, 0.1) is 13.8 Å². The molecular formula is C22H27N3O2S2. The van der Waals surface area contributed by atoms with E-state index in [2.05, 4.69) is 5.32 Å². The summed E-state index contributed by atoms with van der Waals surface area (Å²) in [6, 6.07) is 9.74. The van der Waals surface area contributed by atoms with Gasteiger partial charge in [0.2, 0.25) is 5.91 Å². The van der Waals surface area contributed by atoms with Gasteiger partial charge < -0.3 is 5.32 Å². The van der Waals surface area contributed by atoms with Crippen LogP contribution in [-0.4, -0.2) is 20.7 Å². The number of carbonyl (C=O) groups excluding carboxylic acids is 1. The van der Waals surface area contributed by atoms with Crippen LogP contribution in [0.1, 0.15) is 55.8 Å². The van der Waals surface area contributed by atoms with Crippen molar-refractivity contribution in [1.29, 1.82) is 0 Å². The summed E-state index contributed by atoms with van der Waals surface area (Å²) in [7, 11) is 0. The molecule has 2 atom stereocenters. The number of benzene rings is 1. The molecule has 0 saturated carbocycles. The molecular weight excluding hydrogens is 402 g/mol. The number of carbonyl (C=O) groups is 1. The topological polar surface area (TPSA) is 64.0 Å². The van der Waals surface area contributed by atoms with Gasteiger partial charge in [0.05, 0.1) is 16.7 Å². The summed E-state index contributed by atoms with van der Waals surface area (Å²) in [6.45, 7) is 11.7. The van der Waals surface area contributed by atoms with Crippen LogP contribution < -0.4 is 10.9 Å². The third-order valence-corrected chi connectivity index (χ3v) is 7.20. The van der Waals surface area contributed by atoms with Gasteiger partial charge in [-0.25, -0.2) is 4.98 Å². The predicted molar refractivity (Wildman–Crippen MR) is 122 cm³/mol. The third-order valence-electron chi connectivity index (χ3n) is 5.03. The normalized spacial score (nSPS) is 13.6. The van der Waals surface area contributed by atoms with Crippen LogP contribution in [0.25, 0.3) is 10.2 Å². The van der Waals surface area contributed by atoms with Gasteiger partial charge in [0.15, 0.2) is 5.16 Å². The molecule has 3 rings (SSSR count). The van der Waals surface area contributed by atoms with E-state index < -0.39 is 0 Å². The van der Waals surface area contributed by atoms with Crippen LogP contribution in [-0.2, 0) is 4.79 Å². The fraction of sp³-hybridized carbons (Fsp3) is 0.409. The number of rotatable bonds is 6. The number of hydrogen-bond acceptors (Lipinski definition) is 5. The monoisotopic (exact) mass is 429 g/mol. The molecule has 0 spiro atoms. The molecule has 2 aromatic heterocycles. The molecule has 0 unspecified atom stereocenters.